The van der Waals surface area contributed by atoms with E-state index in [1.165, 1.54) is 17.9 Å². The molecule has 0 bridgehead atoms. The van der Waals surface area contributed by atoms with Crippen LogP contribution in [-0.4, -0.2) is 29.7 Å². The molecule has 0 fully saturated rings. The van der Waals surface area contributed by atoms with Crippen LogP contribution in [0.4, 0.5) is 0 Å². The first-order chi connectivity index (χ1) is 8.97. The Bertz CT molecular complexity index is 766. The Kier molecular flexibility index (Phi) is 3.11. The molecule has 19 heavy (non-hydrogen) atoms. The van der Waals surface area contributed by atoms with Gasteiger partial charge in [0.25, 0.3) is 5.56 Å². The van der Waals surface area contributed by atoms with Gasteiger partial charge in [0.2, 0.25) is 0 Å². The molecule has 0 saturated heterocycles. The maximum absolute atomic E-state index is 12.1. The number of aromatic nitrogens is 4. The van der Waals surface area contributed by atoms with E-state index in [0.29, 0.717) is 17.7 Å². The molecule has 3 N–H and O–H groups in total. The number of rotatable bonds is 3. The summed E-state index contributed by atoms with van der Waals surface area (Å²) in [5, 5.41) is 11.3. The highest BCUT2D eigenvalue weighted by Crippen LogP contribution is 2.06. The Morgan fingerprint density at radius 1 is 1.42 bits per heavy atom. The van der Waals surface area contributed by atoms with Gasteiger partial charge in [0, 0.05) is 27.1 Å². The highest BCUT2D eigenvalue weighted by Gasteiger charge is 2.14. The molecule has 2 aromatic heterocycles. The topological polar surface area (TPSA) is 120 Å². The Labute approximate surface area is 107 Å². The number of nitrogens with zero attached hydrogens (tertiary/aromatic N) is 5. The Morgan fingerprint density at radius 3 is 2.74 bits per heavy atom. The maximum atomic E-state index is 12.1. The fourth-order valence-electron chi connectivity index (χ4n) is 1.85. The van der Waals surface area contributed by atoms with E-state index in [2.05, 4.69) is 10.1 Å². The van der Waals surface area contributed by atoms with Crippen molar-refractivity contribution in [2.75, 3.05) is 0 Å². The van der Waals surface area contributed by atoms with Crippen molar-refractivity contribution in [3.63, 3.8) is 0 Å². The molecule has 0 aliphatic heterocycles. The van der Waals surface area contributed by atoms with Gasteiger partial charge in [0.1, 0.15) is 5.84 Å². The minimum Gasteiger partial charge on any atom is -0.409 e. The summed E-state index contributed by atoms with van der Waals surface area (Å²) in [5.41, 5.74) is 5.16. The second-order valence-electron chi connectivity index (χ2n) is 4.16. The summed E-state index contributed by atoms with van der Waals surface area (Å²) < 4.78 is 3.90. The van der Waals surface area contributed by atoms with Crippen LogP contribution in [0.25, 0.3) is 11.2 Å². The Morgan fingerprint density at radius 2 is 2.11 bits per heavy atom. The standard InChI is InChI=1S/C10H14N6O3/c1-14-8-7(9(17)15(2)10(14)18)16(5-12-8)4-3-6(11)13-19/h5,19H,3-4H2,1-2H3,(H2,11,13). The van der Waals surface area contributed by atoms with Gasteiger partial charge >= 0.3 is 5.69 Å². The zero-order chi connectivity index (χ0) is 14.2. The van der Waals surface area contributed by atoms with Gasteiger partial charge in [-0.25, -0.2) is 9.78 Å². The molecule has 0 aliphatic carbocycles. The lowest BCUT2D eigenvalue weighted by molar-refractivity contribution is 0.316. The van der Waals surface area contributed by atoms with Gasteiger partial charge in [0.15, 0.2) is 11.2 Å². The van der Waals surface area contributed by atoms with Gasteiger partial charge in [-0.1, -0.05) is 5.16 Å². The van der Waals surface area contributed by atoms with Crippen molar-refractivity contribution < 1.29 is 5.21 Å². The number of oxime groups is 1. The van der Waals surface area contributed by atoms with E-state index in [-0.39, 0.29) is 12.3 Å². The van der Waals surface area contributed by atoms with Gasteiger partial charge in [-0.2, -0.15) is 0 Å². The smallest absolute Gasteiger partial charge is 0.332 e. The van der Waals surface area contributed by atoms with Crippen LogP contribution in [0.15, 0.2) is 21.1 Å². The molecule has 9 heteroatoms. The largest absolute Gasteiger partial charge is 0.409 e. The number of hydrogen-bond acceptors (Lipinski definition) is 5. The van der Waals surface area contributed by atoms with E-state index in [1.54, 1.807) is 11.6 Å². The van der Waals surface area contributed by atoms with Crippen molar-refractivity contribution in [1.29, 1.82) is 0 Å². The molecule has 2 rings (SSSR count). The van der Waals surface area contributed by atoms with Crippen molar-refractivity contribution in [3.05, 3.63) is 27.2 Å². The molecule has 9 nitrogen and oxygen atoms in total. The fourth-order valence-corrected chi connectivity index (χ4v) is 1.85. The SMILES string of the molecule is Cn1c(=O)c2c(ncn2CCC(N)=NO)n(C)c1=O. The van der Waals surface area contributed by atoms with Crippen molar-refractivity contribution in [3.8, 4) is 0 Å². The van der Waals surface area contributed by atoms with Crippen LogP contribution in [0.5, 0.6) is 0 Å². The third-order valence-corrected chi connectivity index (χ3v) is 2.95. The lowest BCUT2D eigenvalue weighted by Crippen LogP contribution is -2.37. The Balaban J connectivity index is 2.60. The summed E-state index contributed by atoms with van der Waals surface area (Å²) in [5.74, 6) is 0.0588. The molecule has 0 unspecified atom stereocenters. The second kappa shape index (κ2) is 4.59. The number of fused-ring (bicyclic) bond motifs is 1. The summed E-state index contributed by atoms with van der Waals surface area (Å²) in [6.45, 7) is 0.333. The molecule has 2 aromatic rings. The van der Waals surface area contributed by atoms with E-state index in [9.17, 15) is 9.59 Å². The van der Waals surface area contributed by atoms with Crippen LogP contribution in [0, 0.1) is 0 Å². The van der Waals surface area contributed by atoms with Crippen LogP contribution >= 0.6 is 0 Å². The minimum absolute atomic E-state index is 0.0588. The lowest BCUT2D eigenvalue weighted by Gasteiger charge is -2.06. The molecule has 2 heterocycles. The third-order valence-electron chi connectivity index (χ3n) is 2.95. The van der Waals surface area contributed by atoms with E-state index >= 15 is 0 Å². The van der Waals surface area contributed by atoms with Crippen LogP contribution in [0.2, 0.25) is 0 Å². The number of nitrogens with two attached hydrogens (primary N) is 1. The molecule has 0 amide bonds. The van der Waals surface area contributed by atoms with Crippen LogP contribution in [0.1, 0.15) is 6.42 Å². The van der Waals surface area contributed by atoms with Gasteiger partial charge < -0.3 is 15.5 Å². The Hall–Kier alpha value is -2.58. The summed E-state index contributed by atoms with van der Waals surface area (Å²) in [6.07, 6.45) is 1.73. The van der Waals surface area contributed by atoms with Crippen LogP contribution in [0.3, 0.4) is 0 Å². The summed E-state index contributed by atoms with van der Waals surface area (Å²) >= 11 is 0. The average molecular weight is 266 g/mol. The first-order valence-corrected chi connectivity index (χ1v) is 5.54. The van der Waals surface area contributed by atoms with Crippen LogP contribution < -0.4 is 17.0 Å². The average Bonchev–Trinajstić information content (AvgIpc) is 2.84. The quantitative estimate of drug-likeness (QED) is 0.305. The van der Waals surface area contributed by atoms with E-state index in [1.807, 2.05) is 0 Å². The summed E-state index contributed by atoms with van der Waals surface area (Å²) in [4.78, 5) is 27.9. The van der Waals surface area contributed by atoms with Crippen molar-refractivity contribution in [2.24, 2.45) is 25.0 Å². The monoisotopic (exact) mass is 266 g/mol. The molecule has 0 radical (unpaired) electrons. The maximum Gasteiger partial charge on any atom is 0.332 e. The van der Waals surface area contributed by atoms with Crippen LogP contribution in [-0.2, 0) is 20.6 Å². The highest BCUT2D eigenvalue weighted by atomic mass is 16.4. The second-order valence-corrected chi connectivity index (χ2v) is 4.16. The predicted molar refractivity (Wildman–Crippen MR) is 68.2 cm³/mol. The molecule has 0 saturated carbocycles. The number of imidazole rings is 1. The summed E-state index contributed by atoms with van der Waals surface area (Å²) in [6, 6.07) is 0. The fraction of sp³-hybridized carbons (Fsp3) is 0.400. The predicted octanol–water partition coefficient (Wildman–Crippen LogP) is -1.43. The van der Waals surface area contributed by atoms with Gasteiger partial charge in [-0.15, -0.1) is 0 Å². The lowest BCUT2D eigenvalue weighted by atomic mass is 10.4. The summed E-state index contributed by atoms with van der Waals surface area (Å²) in [7, 11) is 2.95. The molecule has 0 aromatic carbocycles. The molecular weight excluding hydrogens is 252 g/mol. The first kappa shape index (κ1) is 12.9. The number of amidine groups is 1. The van der Waals surface area contributed by atoms with Gasteiger partial charge in [0.05, 0.1) is 6.33 Å². The molecular formula is C10H14N6O3. The van der Waals surface area contributed by atoms with E-state index < -0.39 is 11.2 Å². The van der Waals surface area contributed by atoms with E-state index in [4.69, 9.17) is 10.9 Å². The molecule has 0 atom stereocenters. The number of hydrogen-bond donors (Lipinski definition) is 2. The van der Waals surface area contributed by atoms with Gasteiger partial charge in [-0.3, -0.25) is 13.9 Å². The highest BCUT2D eigenvalue weighted by molar-refractivity contribution is 5.79. The zero-order valence-electron chi connectivity index (χ0n) is 10.6. The van der Waals surface area contributed by atoms with Crippen molar-refractivity contribution in [2.45, 2.75) is 13.0 Å². The van der Waals surface area contributed by atoms with E-state index in [0.717, 1.165) is 4.57 Å². The molecule has 0 aliphatic rings. The molecule has 102 valence electrons. The first-order valence-electron chi connectivity index (χ1n) is 5.54. The van der Waals surface area contributed by atoms with Crippen molar-refractivity contribution in [1.82, 2.24) is 18.7 Å². The zero-order valence-corrected chi connectivity index (χ0v) is 10.6. The molecule has 0 spiro atoms. The normalized spacial score (nSPS) is 12.2. The number of aryl methyl sites for hydroxylation is 2. The van der Waals surface area contributed by atoms with Crippen molar-refractivity contribution >= 4 is 17.0 Å². The minimum atomic E-state index is -0.431. The van der Waals surface area contributed by atoms with Gasteiger partial charge in [-0.05, 0) is 0 Å². The third kappa shape index (κ3) is 1.98.